The first-order chi connectivity index (χ1) is 12.1. The Bertz CT molecular complexity index is 1040. The van der Waals surface area contributed by atoms with Crippen LogP contribution in [0.4, 0.5) is 11.5 Å². The third kappa shape index (κ3) is 2.85. The summed E-state index contributed by atoms with van der Waals surface area (Å²) in [5.74, 6) is 1.21. The maximum atomic E-state index is 6.06. The largest absolute Gasteiger partial charge is 0.399 e. The minimum atomic E-state index is 0.356. The summed E-state index contributed by atoms with van der Waals surface area (Å²) in [6, 6.07) is 15.4. The Morgan fingerprint density at radius 3 is 2.60 bits per heavy atom. The predicted molar refractivity (Wildman–Crippen MR) is 99.8 cm³/mol. The van der Waals surface area contributed by atoms with Gasteiger partial charge in [0.15, 0.2) is 0 Å². The van der Waals surface area contributed by atoms with Gasteiger partial charge in [-0.1, -0.05) is 41.6 Å². The summed E-state index contributed by atoms with van der Waals surface area (Å²) in [5, 5.41) is 4.88. The molecule has 2 aromatic carbocycles. The van der Waals surface area contributed by atoms with E-state index in [1.807, 2.05) is 55.5 Å². The molecule has 0 atom stereocenters. The fraction of sp³-hybridized carbons (Fsp3) is 0.0556. The van der Waals surface area contributed by atoms with Gasteiger partial charge in [0.25, 0.3) is 5.89 Å². The van der Waals surface area contributed by atoms with Crippen LogP contribution < -0.4 is 11.5 Å². The van der Waals surface area contributed by atoms with Gasteiger partial charge in [0.05, 0.1) is 0 Å². The zero-order valence-corrected chi connectivity index (χ0v) is 14.2. The van der Waals surface area contributed by atoms with Crippen LogP contribution >= 0.6 is 11.3 Å². The first kappa shape index (κ1) is 15.3. The Morgan fingerprint density at radius 1 is 1.00 bits per heavy atom. The summed E-state index contributed by atoms with van der Waals surface area (Å²) >= 11 is 1.42. The van der Waals surface area contributed by atoms with Crippen LogP contribution in [0.5, 0.6) is 0 Å². The smallest absolute Gasteiger partial charge is 0.272 e. The Morgan fingerprint density at radius 2 is 1.80 bits per heavy atom. The molecule has 0 saturated heterocycles. The lowest BCUT2D eigenvalue weighted by Gasteiger charge is -2.01. The quantitative estimate of drug-likeness (QED) is 0.542. The van der Waals surface area contributed by atoms with E-state index in [4.69, 9.17) is 16.0 Å². The monoisotopic (exact) mass is 349 g/mol. The second kappa shape index (κ2) is 6.03. The van der Waals surface area contributed by atoms with Crippen molar-refractivity contribution in [2.75, 3.05) is 11.5 Å². The molecule has 0 spiro atoms. The van der Waals surface area contributed by atoms with Gasteiger partial charge < -0.3 is 16.0 Å². The van der Waals surface area contributed by atoms with Crippen molar-refractivity contribution in [3.63, 3.8) is 0 Å². The van der Waals surface area contributed by atoms with Crippen LogP contribution in [-0.2, 0) is 0 Å². The molecule has 0 radical (unpaired) electrons. The maximum absolute atomic E-state index is 6.06. The highest BCUT2D eigenvalue weighted by atomic mass is 32.1. The van der Waals surface area contributed by atoms with E-state index in [0.29, 0.717) is 28.1 Å². The van der Waals surface area contributed by atoms with E-state index in [-0.39, 0.29) is 0 Å². The number of benzene rings is 2. The molecule has 4 aromatic rings. The van der Waals surface area contributed by atoms with Crippen LogP contribution in [0.1, 0.15) is 5.56 Å². The average molecular weight is 349 g/mol. The van der Waals surface area contributed by atoms with Crippen molar-refractivity contribution in [2.45, 2.75) is 6.92 Å². The summed E-state index contributed by atoms with van der Waals surface area (Å²) in [6.45, 7) is 1.97. The Kier molecular flexibility index (Phi) is 3.70. The first-order valence-corrected chi connectivity index (χ1v) is 8.46. The van der Waals surface area contributed by atoms with E-state index in [1.165, 1.54) is 11.3 Å². The van der Waals surface area contributed by atoms with Crippen molar-refractivity contribution < 1.29 is 4.52 Å². The zero-order chi connectivity index (χ0) is 17.4. The molecule has 0 aliphatic rings. The van der Waals surface area contributed by atoms with Crippen molar-refractivity contribution in [3.05, 3.63) is 54.1 Å². The fourth-order valence-electron chi connectivity index (χ4n) is 2.50. The number of nitrogen functional groups attached to an aromatic ring is 2. The van der Waals surface area contributed by atoms with Crippen LogP contribution in [0.25, 0.3) is 32.7 Å². The number of hydrogen-bond donors (Lipinski definition) is 2. The van der Waals surface area contributed by atoms with E-state index in [2.05, 4.69) is 15.1 Å². The van der Waals surface area contributed by atoms with Gasteiger partial charge in [-0.15, -0.1) is 11.3 Å². The lowest BCUT2D eigenvalue weighted by molar-refractivity contribution is 0.433. The van der Waals surface area contributed by atoms with Crippen molar-refractivity contribution in [3.8, 4) is 32.7 Å². The van der Waals surface area contributed by atoms with Gasteiger partial charge in [0.1, 0.15) is 15.7 Å². The topological polar surface area (TPSA) is 104 Å². The van der Waals surface area contributed by atoms with Gasteiger partial charge in [0, 0.05) is 16.8 Å². The van der Waals surface area contributed by atoms with Crippen LogP contribution in [0.3, 0.4) is 0 Å². The van der Waals surface area contributed by atoms with Gasteiger partial charge in [-0.25, -0.2) is 4.98 Å². The average Bonchev–Trinajstić information content (AvgIpc) is 3.24. The number of rotatable bonds is 3. The number of nitrogens with zero attached hydrogens (tertiary/aromatic N) is 3. The molecular formula is C18H15N5OS. The normalized spacial score (nSPS) is 10.9. The maximum Gasteiger partial charge on any atom is 0.272 e. The van der Waals surface area contributed by atoms with Gasteiger partial charge >= 0.3 is 0 Å². The van der Waals surface area contributed by atoms with Crippen LogP contribution in [0, 0.1) is 6.92 Å². The van der Waals surface area contributed by atoms with Gasteiger partial charge in [-0.05, 0) is 24.6 Å². The molecule has 4 N–H and O–H groups in total. The first-order valence-electron chi connectivity index (χ1n) is 7.64. The molecule has 25 heavy (non-hydrogen) atoms. The van der Waals surface area contributed by atoms with Crippen molar-refractivity contribution >= 4 is 22.8 Å². The third-order valence-electron chi connectivity index (χ3n) is 3.80. The molecule has 0 unspecified atom stereocenters. The number of thiazole rings is 1. The van der Waals surface area contributed by atoms with E-state index < -0.39 is 0 Å². The standard InChI is InChI=1S/C18H15N5OS/c1-10-7-8-12(19)9-13(10)16-22-17(24-23-16)14-15(20)21-18(25-14)11-5-3-2-4-6-11/h2-9H,19-20H2,1H3. The predicted octanol–water partition coefficient (Wildman–Crippen LogP) is 4.00. The summed E-state index contributed by atoms with van der Waals surface area (Å²) < 4.78 is 5.42. The summed E-state index contributed by atoms with van der Waals surface area (Å²) in [6.07, 6.45) is 0. The van der Waals surface area contributed by atoms with Gasteiger partial charge in [-0.2, -0.15) is 4.98 Å². The molecule has 2 aromatic heterocycles. The molecule has 6 nitrogen and oxygen atoms in total. The molecule has 7 heteroatoms. The minimum absolute atomic E-state index is 0.356. The molecule has 4 rings (SSSR count). The van der Waals surface area contributed by atoms with Crippen molar-refractivity contribution in [1.29, 1.82) is 0 Å². The van der Waals surface area contributed by atoms with Crippen LogP contribution in [0.2, 0.25) is 0 Å². The highest BCUT2D eigenvalue weighted by Crippen LogP contribution is 2.37. The number of hydrogen-bond acceptors (Lipinski definition) is 7. The highest BCUT2D eigenvalue weighted by molar-refractivity contribution is 7.18. The molecule has 124 valence electrons. The number of aryl methyl sites for hydroxylation is 1. The fourth-order valence-corrected chi connectivity index (χ4v) is 3.41. The van der Waals surface area contributed by atoms with Crippen molar-refractivity contribution in [1.82, 2.24) is 15.1 Å². The van der Waals surface area contributed by atoms with E-state index >= 15 is 0 Å². The van der Waals surface area contributed by atoms with E-state index in [9.17, 15) is 0 Å². The minimum Gasteiger partial charge on any atom is -0.399 e. The number of aromatic nitrogens is 3. The SMILES string of the molecule is Cc1ccc(N)cc1-c1noc(-c2sc(-c3ccccc3)nc2N)n1. The Hall–Kier alpha value is -3.19. The van der Waals surface area contributed by atoms with E-state index in [1.54, 1.807) is 0 Å². The van der Waals surface area contributed by atoms with Crippen LogP contribution in [-0.4, -0.2) is 15.1 Å². The van der Waals surface area contributed by atoms with Crippen molar-refractivity contribution in [2.24, 2.45) is 0 Å². The second-order valence-corrected chi connectivity index (χ2v) is 6.60. The molecule has 0 fully saturated rings. The third-order valence-corrected chi connectivity index (χ3v) is 4.91. The second-order valence-electron chi connectivity index (χ2n) is 5.60. The Labute approximate surface area is 148 Å². The number of nitrogens with two attached hydrogens (primary N) is 2. The molecule has 0 amide bonds. The van der Waals surface area contributed by atoms with Gasteiger partial charge in [-0.3, -0.25) is 0 Å². The molecule has 0 aliphatic heterocycles. The molecule has 0 aliphatic carbocycles. The molecular weight excluding hydrogens is 334 g/mol. The lowest BCUT2D eigenvalue weighted by Crippen LogP contribution is -1.90. The lowest BCUT2D eigenvalue weighted by atomic mass is 10.1. The van der Waals surface area contributed by atoms with E-state index in [0.717, 1.165) is 21.7 Å². The zero-order valence-electron chi connectivity index (χ0n) is 13.4. The Balaban J connectivity index is 1.74. The van der Waals surface area contributed by atoms with Crippen LogP contribution in [0.15, 0.2) is 53.1 Å². The van der Waals surface area contributed by atoms with Gasteiger partial charge in [0.2, 0.25) is 5.82 Å². The molecule has 0 bridgehead atoms. The summed E-state index contributed by atoms with van der Waals surface area (Å²) in [4.78, 5) is 9.56. The molecule has 2 heterocycles. The highest BCUT2D eigenvalue weighted by Gasteiger charge is 2.19. The summed E-state index contributed by atoms with van der Waals surface area (Å²) in [5.41, 5.74) is 15.4. The molecule has 0 saturated carbocycles. The number of anilines is 2. The summed E-state index contributed by atoms with van der Waals surface area (Å²) in [7, 11) is 0.